The maximum absolute atomic E-state index is 13.3. The summed E-state index contributed by atoms with van der Waals surface area (Å²) in [6, 6.07) is 19.2. The average molecular weight is 650 g/mol. The molecule has 200 valence electrons. The normalized spacial score (nSPS) is 17.8. The predicted molar refractivity (Wildman–Crippen MR) is 155 cm³/mol. The van der Waals surface area contributed by atoms with Gasteiger partial charge in [-0.1, -0.05) is 35.9 Å². The molecule has 0 radical (unpaired) electrons. The zero-order chi connectivity index (χ0) is 27.2. The summed E-state index contributed by atoms with van der Waals surface area (Å²) in [5.74, 6) is -0.0443. The molecule has 0 spiro atoms. The van der Waals surface area contributed by atoms with Crippen molar-refractivity contribution in [2.45, 2.75) is 39.0 Å². The van der Waals surface area contributed by atoms with Crippen molar-refractivity contribution in [1.82, 2.24) is 15.1 Å². The largest absolute Gasteiger partial charge is 0.483 e. The van der Waals surface area contributed by atoms with Crippen molar-refractivity contribution in [2.24, 2.45) is 0 Å². The first kappa shape index (κ1) is 28.3. The van der Waals surface area contributed by atoms with Crippen LogP contribution in [0.1, 0.15) is 35.3 Å². The lowest BCUT2D eigenvalue weighted by molar-refractivity contribution is -0.139. The second kappa shape index (κ2) is 12.9. The minimum Gasteiger partial charge on any atom is -0.483 e. The molecule has 1 heterocycles. The molecular weight excluding hydrogens is 620 g/mol. The fourth-order valence-corrected chi connectivity index (χ4v) is 5.38. The number of nitrogens with one attached hydrogen (secondary N) is 1. The summed E-state index contributed by atoms with van der Waals surface area (Å²) in [5, 5.41) is 3.43. The molecule has 2 atom stereocenters. The van der Waals surface area contributed by atoms with Gasteiger partial charge in [-0.3, -0.25) is 14.5 Å². The molecule has 4 rings (SSSR count). The standard InChI is InChI=1S/C29H30ClFIN3O3/c1-19-16-35(20(2)15-34(19)17-21-7-10-24(31)11-8-21)28(36)18-38-27-12-9-23(30)13-22(27)14-33-29(37)25-5-3-4-6-26(25)32/h3-13,19-20H,14-18H2,1-2H3,(H,33,37)/t19-,20+/m0/s1. The number of ether oxygens (including phenoxy) is 1. The van der Waals surface area contributed by atoms with E-state index in [1.54, 1.807) is 36.4 Å². The molecule has 1 saturated heterocycles. The van der Waals surface area contributed by atoms with Crippen LogP contribution in [0.25, 0.3) is 0 Å². The molecule has 3 aromatic carbocycles. The quantitative estimate of drug-likeness (QED) is 0.327. The average Bonchev–Trinajstić information content (AvgIpc) is 2.90. The maximum Gasteiger partial charge on any atom is 0.260 e. The summed E-state index contributed by atoms with van der Waals surface area (Å²) in [7, 11) is 0. The maximum atomic E-state index is 13.3. The number of hydrogen-bond donors (Lipinski definition) is 1. The lowest BCUT2D eigenvalue weighted by Crippen LogP contribution is -2.58. The first-order valence-electron chi connectivity index (χ1n) is 12.4. The Hall–Kier alpha value is -2.69. The van der Waals surface area contributed by atoms with E-state index in [1.807, 2.05) is 30.0 Å². The smallest absolute Gasteiger partial charge is 0.260 e. The zero-order valence-corrected chi connectivity index (χ0v) is 24.2. The van der Waals surface area contributed by atoms with E-state index in [2.05, 4.69) is 39.7 Å². The van der Waals surface area contributed by atoms with Crippen LogP contribution in [0, 0.1) is 9.39 Å². The van der Waals surface area contributed by atoms with E-state index in [4.69, 9.17) is 16.3 Å². The lowest BCUT2D eigenvalue weighted by atomic mass is 10.1. The second-order valence-corrected chi connectivity index (χ2v) is 11.1. The van der Waals surface area contributed by atoms with Gasteiger partial charge in [-0.05, 0) is 84.5 Å². The number of piperazine rings is 1. The molecule has 2 amide bonds. The van der Waals surface area contributed by atoms with Gasteiger partial charge in [0, 0.05) is 52.4 Å². The fourth-order valence-electron chi connectivity index (χ4n) is 4.56. The Kier molecular flexibility index (Phi) is 9.62. The third-order valence-corrected chi connectivity index (χ3v) is 7.84. The van der Waals surface area contributed by atoms with Crippen LogP contribution >= 0.6 is 34.2 Å². The van der Waals surface area contributed by atoms with Crippen molar-refractivity contribution in [1.29, 1.82) is 0 Å². The second-order valence-electron chi connectivity index (χ2n) is 9.50. The summed E-state index contributed by atoms with van der Waals surface area (Å²) in [6.45, 7) is 6.19. The molecular formula is C29H30ClFIN3O3. The molecule has 3 aromatic rings. The molecule has 1 aliphatic rings. The number of nitrogens with zero attached hydrogens (tertiary/aromatic N) is 2. The van der Waals surface area contributed by atoms with Gasteiger partial charge in [0.05, 0.1) is 5.56 Å². The summed E-state index contributed by atoms with van der Waals surface area (Å²) in [4.78, 5) is 30.0. The van der Waals surface area contributed by atoms with Crippen molar-refractivity contribution in [3.63, 3.8) is 0 Å². The predicted octanol–water partition coefficient (Wildman–Crippen LogP) is 5.51. The monoisotopic (exact) mass is 649 g/mol. The molecule has 1 fully saturated rings. The van der Waals surface area contributed by atoms with Gasteiger partial charge in [0.25, 0.3) is 11.8 Å². The number of benzene rings is 3. The SMILES string of the molecule is C[C@@H]1CN(Cc2ccc(F)cc2)[C@@H](C)CN1C(=O)COc1ccc(Cl)cc1CNC(=O)c1ccccc1I. The molecule has 6 nitrogen and oxygen atoms in total. The third-order valence-electron chi connectivity index (χ3n) is 6.67. The number of carbonyl (C=O) groups is 2. The van der Waals surface area contributed by atoms with Crippen molar-refractivity contribution in [3.05, 3.63) is 97.8 Å². The van der Waals surface area contributed by atoms with E-state index in [0.29, 0.717) is 41.5 Å². The van der Waals surface area contributed by atoms with E-state index >= 15 is 0 Å². The van der Waals surface area contributed by atoms with Crippen LogP contribution in [-0.4, -0.2) is 53.4 Å². The Morgan fingerprint density at radius 1 is 1.05 bits per heavy atom. The van der Waals surface area contributed by atoms with E-state index in [1.165, 1.54) is 12.1 Å². The van der Waals surface area contributed by atoms with Crippen LogP contribution in [-0.2, 0) is 17.9 Å². The molecule has 9 heteroatoms. The van der Waals surface area contributed by atoms with Crippen LogP contribution in [0.4, 0.5) is 4.39 Å². The van der Waals surface area contributed by atoms with Gasteiger partial charge in [-0.2, -0.15) is 0 Å². The fraction of sp³-hybridized carbons (Fsp3) is 0.310. The molecule has 38 heavy (non-hydrogen) atoms. The van der Waals surface area contributed by atoms with Crippen molar-refractivity contribution in [3.8, 4) is 5.75 Å². The highest BCUT2D eigenvalue weighted by Gasteiger charge is 2.32. The van der Waals surface area contributed by atoms with Crippen LogP contribution in [0.15, 0.2) is 66.7 Å². The topological polar surface area (TPSA) is 61.9 Å². The molecule has 0 saturated carbocycles. The minimum absolute atomic E-state index is 0.0000647. The molecule has 1 aliphatic heterocycles. The van der Waals surface area contributed by atoms with Crippen LogP contribution in [0.3, 0.4) is 0 Å². The Morgan fingerprint density at radius 3 is 2.53 bits per heavy atom. The van der Waals surface area contributed by atoms with Crippen LogP contribution in [0.5, 0.6) is 5.75 Å². The van der Waals surface area contributed by atoms with Gasteiger partial charge in [-0.15, -0.1) is 0 Å². The Labute approximate surface area is 241 Å². The van der Waals surface area contributed by atoms with E-state index < -0.39 is 0 Å². The lowest BCUT2D eigenvalue weighted by Gasteiger charge is -2.44. The van der Waals surface area contributed by atoms with Gasteiger partial charge in [-0.25, -0.2) is 4.39 Å². The molecule has 1 N–H and O–H groups in total. The zero-order valence-electron chi connectivity index (χ0n) is 21.3. The number of carbonyl (C=O) groups excluding carboxylic acids is 2. The molecule has 0 aromatic heterocycles. The summed E-state index contributed by atoms with van der Waals surface area (Å²) < 4.78 is 20.0. The van der Waals surface area contributed by atoms with Gasteiger partial charge < -0.3 is 15.0 Å². The summed E-state index contributed by atoms with van der Waals surface area (Å²) >= 11 is 8.33. The summed E-state index contributed by atoms with van der Waals surface area (Å²) in [6.07, 6.45) is 0. The van der Waals surface area contributed by atoms with Crippen molar-refractivity contribution >= 4 is 46.0 Å². The Morgan fingerprint density at radius 2 is 1.79 bits per heavy atom. The van der Waals surface area contributed by atoms with Crippen LogP contribution < -0.4 is 10.1 Å². The van der Waals surface area contributed by atoms with Gasteiger partial charge in [0.15, 0.2) is 6.61 Å². The number of rotatable bonds is 8. The number of hydrogen-bond acceptors (Lipinski definition) is 4. The van der Waals surface area contributed by atoms with Crippen LogP contribution in [0.2, 0.25) is 5.02 Å². The van der Waals surface area contributed by atoms with E-state index in [9.17, 15) is 14.0 Å². The van der Waals surface area contributed by atoms with E-state index in [-0.39, 0.29) is 42.9 Å². The van der Waals surface area contributed by atoms with Gasteiger partial charge >= 0.3 is 0 Å². The Balaban J connectivity index is 1.34. The van der Waals surface area contributed by atoms with E-state index in [0.717, 1.165) is 9.13 Å². The summed E-state index contributed by atoms with van der Waals surface area (Å²) in [5.41, 5.74) is 2.32. The number of halogens is 3. The van der Waals surface area contributed by atoms with Gasteiger partial charge in [0.2, 0.25) is 0 Å². The van der Waals surface area contributed by atoms with Crippen molar-refractivity contribution < 1.29 is 18.7 Å². The first-order valence-corrected chi connectivity index (χ1v) is 13.9. The molecule has 0 aliphatic carbocycles. The highest BCUT2D eigenvalue weighted by atomic mass is 127. The third kappa shape index (κ3) is 7.24. The molecule has 0 bridgehead atoms. The number of amides is 2. The Bertz CT molecular complexity index is 1290. The molecule has 0 unspecified atom stereocenters. The minimum atomic E-state index is -0.247. The van der Waals surface area contributed by atoms with Crippen molar-refractivity contribution in [2.75, 3.05) is 19.7 Å². The first-order chi connectivity index (χ1) is 18.2. The van der Waals surface area contributed by atoms with Gasteiger partial charge in [0.1, 0.15) is 11.6 Å². The highest BCUT2D eigenvalue weighted by Crippen LogP contribution is 2.24. The highest BCUT2D eigenvalue weighted by molar-refractivity contribution is 14.1.